The predicted molar refractivity (Wildman–Crippen MR) is 83.9 cm³/mol. The SMILES string of the molecule is CC(=O)NCc1cc(C(O)c2c(O)ccc(Cl)c2Cl)ccn1. The lowest BCUT2D eigenvalue weighted by molar-refractivity contribution is -0.119. The largest absolute Gasteiger partial charge is 0.508 e. The maximum atomic E-state index is 10.9. The van der Waals surface area contributed by atoms with Gasteiger partial charge in [-0.25, -0.2) is 0 Å². The number of rotatable bonds is 4. The van der Waals surface area contributed by atoms with E-state index in [1.807, 2.05) is 0 Å². The Morgan fingerprint density at radius 2 is 2.09 bits per heavy atom. The molecule has 1 amide bonds. The molecule has 1 atom stereocenters. The molecule has 116 valence electrons. The summed E-state index contributed by atoms with van der Waals surface area (Å²) in [5.41, 5.74) is 1.19. The molecule has 2 rings (SSSR count). The van der Waals surface area contributed by atoms with Gasteiger partial charge in [-0.15, -0.1) is 0 Å². The van der Waals surface area contributed by atoms with E-state index in [0.29, 0.717) is 11.3 Å². The average molecular weight is 341 g/mol. The lowest BCUT2D eigenvalue weighted by Crippen LogP contribution is -2.19. The molecule has 1 aromatic carbocycles. The normalized spacial score (nSPS) is 12.0. The van der Waals surface area contributed by atoms with Crippen molar-refractivity contribution >= 4 is 29.1 Å². The van der Waals surface area contributed by atoms with E-state index in [1.54, 1.807) is 12.1 Å². The number of aromatic hydroxyl groups is 1. The van der Waals surface area contributed by atoms with Crippen molar-refractivity contribution in [1.82, 2.24) is 10.3 Å². The van der Waals surface area contributed by atoms with Crippen molar-refractivity contribution in [2.45, 2.75) is 19.6 Å². The molecule has 0 spiro atoms. The highest BCUT2D eigenvalue weighted by molar-refractivity contribution is 6.42. The van der Waals surface area contributed by atoms with E-state index in [-0.39, 0.29) is 33.8 Å². The molecule has 1 heterocycles. The first-order valence-electron chi connectivity index (χ1n) is 6.44. The van der Waals surface area contributed by atoms with Crippen LogP contribution in [-0.2, 0) is 11.3 Å². The van der Waals surface area contributed by atoms with Crippen LogP contribution in [0.5, 0.6) is 5.75 Å². The number of aromatic nitrogens is 1. The molecular formula is C15H14Cl2N2O3. The van der Waals surface area contributed by atoms with Gasteiger partial charge < -0.3 is 15.5 Å². The Balaban J connectivity index is 2.34. The Hall–Kier alpha value is -1.82. The predicted octanol–water partition coefficient (Wildman–Crippen LogP) is 2.81. The smallest absolute Gasteiger partial charge is 0.217 e. The molecule has 0 saturated heterocycles. The molecule has 0 aliphatic carbocycles. The third kappa shape index (κ3) is 3.68. The number of halogens is 2. The van der Waals surface area contributed by atoms with E-state index in [4.69, 9.17) is 23.2 Å². The summed E-state index contributed by atoms with van der Waals surface area (Å²) in [6, 6.07) is 6.03. The Labute approximate surface area is 137 Å². The fraction of sp³-hybridized carbons (Fsp3) is 0.200. The maximum Gasteiger partial charge on any atom is 0.217 e. The molecular weight excluding hydrogens is 327 g/mol. The number of hydrogen-bond acceptors (Lipinski definition) is 4. The van der Waals surface area contributed by atoms with Crippen molar-refractivity contribution in [2.75, 3.05) is 0 Å². The molecule has 0 radical (unpaired) electrons. The summed E-state index contributed by atoms with van der Waals surface area (Å²) >= 11 is 12.0. The summed E-state index contributed by atoms with van der Waals surface area (Å²) in [6.07, 6.45) is 0.343. The van der Waals surface area contributed by atoms with Gasteiger partial charge in [-0.1, -0.05) is 23.2 Å². The van der Waals surface area contributed by atoms with E-state index in [1.165, 1.54) is 25.3 Å². The Kier molecular flexibility index (Phi) is 5.24. The van der Waals surface area contributed by atoms with Gasteiger partial charge in [0.15, 0.2) is 0 Å². The molecule has 5 nitrogen and oxygen atoms in total. The van der Waals surface area contributed by atoms with Crippen LogP contribution in [0.4, 0.5) is 0 Å². The minimum Gasteiger partial charge on any atom is -0.508 e. The molecule has 7 heteroatoms. The van der Waals surface area contributed by atoms with E-state index in [2.05, 4.69) is 10.3 Å². The van der Waals surface area contributed by atoms with Crippen LogP contribution in [0, 0.1) is 0 Å². The molecule has 0 aliphatic heterocycles. The third-order valence-electron chi connectivity index (χ3n) is 3.06. The number of aliphatic hydroxyl groups is 1. The number of benzene rings is 1. The van der Waals surface area contributed by atoms with E-state index in [9.17, 15) is 15.0 Å². The van der Waals surface area contributed by atoms with Crippen LogP contribution in [0.15, 0.2) is 30.5 Å². The van der Waals surface area contributed by atoms with Gasteiger partial charge in [0.05, 0.1) is 22.3 Å². The van der Waals surface area contributed by atoms with E-state index < -0.39 is 6.10 Å². The van der Waals surface area contributed by atoms with Gasteiger partial charge in [0.25, 0.3) is 0 Å². The topological polar surface area (TPSA) is 82.5 Å². The van der Waals surface area contributed by atoms with Crippen molar-refractivity contribution in [3.63, 3.8) is 0 Å². The highest BCUT2D eigenvalue weighted by Gasteiger charge is 2.20. The van der Waals surface area contributed by atoms with Crippen LogP contribution in [0.2, 0.25) is 10.0 Å². The first-order chi connectivity index (χ1) is 10.4. The number of carbonyl (C=O) groups is 1. The summed E-state index contributed by atoms with van der Waals surface area (Å²) in [7, 11) is 0. The molecule has 0 saturated carbocycles. The van der Waals surface area contributed by atoms with Crippen LogP contribution in [0.25, 0.3) is 0 Å². The molecule has 3 N–H and O–H groups in total. The zero-order chi connectivity index (χ0) is 16.3. The van der Waals surface area contributed by atoms with Crippen molar-refractivity contribution in [3.8, 4) is 5.75 Å². The standard InChI is InChI=1S/C15H14Cl2N2O3/c1-8(20)19-7-10-6-9(4-5-18-10)15(22)13-12(21)3-2-11(16)14(13)17/h2-6,15,21-22H,7H2,1H3,(H,19,20). The number of carbonyl (C=O) groups excluding carboxylic acids is 1. The van der Waals surface area contributed by atoms with Gasteiger partial charge in [-0.2, -0.15) is 0 Å². The van der Waals surface area contributed by atoms with E-state index >= 15 is 0 Å². The molecule has 22 heavy (non-hydrogen) atoms. The number of pyridine rings is 1. The van der Waals surface area contributed by atoms with Crippen molar-refractivity contribution in [2.24, 2.45) is 0 Å². The van der Waals surface area contributed by atoms with Crippen LogP contribution >= 0.6 is 23.2 Å². The highest BCUT2D eigenvalue weighted by Crippen LogP contribution is 2.39. The monoisotopic (exact) mass is 340 g/mol. The van der Waals surface area contributed by atoms with Crippen LogP contribution in [-0.4, -0.2) is 21.1 Å². The zero-order valence-corrected chi connectivity index (χ0v) is 13.2. The molecule has 1 unspecified atom stereocenters. The Bertz CT molecular complexity index is 707. The summed E-state index contributed by atoms with van der Waals surface area (Å²) in [5.74, 6) is -0.328. The van der Waals surface area contributed by atoms with Crippen molar-refractivity contribution in [1.29, 1.82) is 0 Å². The van der Waals surface area contributed by atoms with Gasteiger partial charge in [0, 0.05) is 18.7 Å². The quantitative estimate of drug-likeness (QED) is 0.799. The van der Waals surface area contributed by atoms with Gasteiger partial charge in [-0.3, -0.25) is 9.78 Å². The summed E-state index contributed by atoms with van der Waals surface area (Å²) in [5, 5.41) is 23.3. The van der Waals surface area contributed by atoms with E-state index in [0.717, 1.165) is 0 Å². The fourth-order valence-corrected chi connectivity index (χ4v) is 2.39. The summed E-state index contributed by atoms with van der Waals surface area (Å²) in [6.45, 7) is 1.65. The highest BCUT2D eigenvalue weighted by atomic mass is 35.5. The first-order valence-corrected chi connectivity index (χ1v) is 7.20. The maximum absolute atomic E-state index is 10.9. The molecule has 0 fully saturated rings. The minimum atomic E-state index is -1.16. The second kappa shape index (κ2) is 6.96. The van der Waals surface area contributed by atoms with Crippen LogP contribution in [0.3, 0.4) is 0 Å². The number of hydrogen-bond donors (Lipinski definition) is 3. The summed E-state index contributed by atoms with van der Waals surface area (Å²) < 4.78 is 0. The van der Waals surface area contributed by atoms with Gasteiger partial charge in [0.2, 0.25) is 5.91 Å². The third-order valence-corrected chi connectivity index (χ3v) is 3.88. The van der Waals surface area contributed by atoms with Crippen LogP contribution in [0.1, 0.15) is 29.8 Å². The minimum absolute atomic E-state index is 0.0920. The molecule has 1 aromatic heterocycles. The van der Waals surface area contributed by atoms with Crippen LogP contribution < -0.4 is 5.32 Å². The number of nitrogens with one attached hydrogen (secondary N) is 1. The first kappa shape index (κ1) is 16.5. The average Bonchev–Trinajstić information content (AvgIpc) is 2.49. The number of amides is 1. The zero-order valence-electron chi connectivity index (χ0n) is 11.7. The second-order valence-corrected chi connectivity index (χ2v) is 5.47. The number of nitrogens with zero attached hydrogens (tertiary/aromatic N) is 1. The Morgan fingerprint density at radius 3 is 2.77 bits per heavy atom. The number of aliphatic hydroxyl groups excluding tert-OH is 1. The number of phenols is 1. The lowest BCUT2D eigenvalue weighted by Gasteiger charge is -2.16. The van der Waals surface area contributed by atoms with Crippen molar-refractivity contribution < 1.29 is 15.0 Å². The summed E-state index contributed by atoms with van der Waals surface area (Å²) in [4.78, 5) is 15.0. The molecule has 2 aromatic rings. The van der Waals surface area contributed by atoms with Gasteiger partial charge in [-0.05, 0) is 29.8 Å². The second-order valence-electron chi connectivity index (χ2n) is 4.69. The molecule has 0 aliphatic rings. The number of phenolic OH excluding ortho intramolecular Hbond substituents is 1. The fourth-order valence-electron chi connectivity index (χ4n) is 1.96. The van der Waals surface area contributed by atoms with Crippen molar-refractivity contribution in [3.05, 3.63) is 57.3 Å². The Morgan fingerprint density at radius 1 is 1.36 bits per heavy atom. The lowest BCUT2D eigenvalue weighted by atomic mass is 10.0. The van der Waals surface area contributed by atoms with Gasteiger partial charge >= 0.3 is 0 Å². The molecule has 0 bridgehead atoms. The van der Waals surface area contributed by atoms with Gasteiger partial charge in [0.1, 0.15) is 11.9 Å².